The number of pyridine rings is 1. The van der Waals surface area contributed by atoms with Gasteiger partial charge in [-0.1, -0.05) is 20.3 Å². The summed E-state index contributed by atoms with van der Waals surface area (Å²) in [6, 6.07) is 1.29. The van der Waals surface area contributed by atoms with Gasteiger partial charge in [0.15, 0.2) is 5.69 Å². The van der Waals surface area contributed by atoms with Gasteiger partial charge in [-0.15, -0.1) is 0 Å². The molecule has 5 rings (SSSR count). The predicted molar refractivity (Wildman–Crippen MR) is 116 cm³/mol. The number of aromatic carboxylic acids is 1. The molecule has 2 N–H and O–H groups in total. The average Bonchev–Trinajstić information content (AvgIpc) is 3.23. The van der Waals surface area contributed by atoms with Gasteiger partial charge in [-0.05, 0) is 49.0 Å². The number of aromatic nitrogens is 3. The summed E-state index contributed by atoms with van der Waals surface area (Å²) < 4.78 is 1.39. The van der Waals surface area contributed by atoms with E-state index in [9.17, 15) is 19.5 Å². The van der Waals surface area contributed by atoms with Crippen molar-refractivity contribution in [1.82, 2.24) is 25.0 Å². The molecule has 3 aliphatic rings. The van der Waals surface area contributed by atoms with E-state index in [4.69, 9.17) is 0 Å². The summed E-state index contributed by atoms with van der Waals surface area (Å²) in [5, 5.41) is 17.3. The van der Waals surface area contributed by atoms with Crippen LogP contribution < -0.4 is 5.32 Å². The SMILES string of the molecule is CC1(C)CCCC(NC(=O)[C@@H]2[C@@H]3C[C@@H]3CN2C(=O)Cn2nc(C(=O)O)c3ccncc32)C1. The molecule has 4 atom stereocenters. The van der Waals surface area contributed by atoms with E-state index < -0.39 is 12.0 Å². The van der Waals surface area contributed by atoms with Gasteiger partial charge in [0.25, 0.3) is 0 Å². The number of carbonyl (C=O) groups excluding carboxylic acids is 2. The van der Waals surface area contributed by atoms with Crippen molar-refractivity contribution in [2.45, 2.75) is 64.6 Å². The molecule has 9 heteroatoms. The smallest absolute Gasteiger partial charge is 0.357 e. The van der Waals surface area contributed by atoms with E-state index in [-0.39, 0.29) is 41.4 Å². The zero-order valence-corrected chi connectivity index (χ0v) is 18.5. The van der Waals surface area contributed by atoms with Crippen molar-refractivity contribution in [3.63, 3.8) is 0 Å². The molecule has 1 saturated heterocycles. The fourth-order valence-corrected chi connectivity index (χ4v) is 5.68. The van der Waals surface area contributed by atoms with Crippen LogP contribution in [0.15, 0.2) is 18.5 Å². The number of piperidine rings is 1. The highest BCUT2D eigenvalue weighted by Crippen LogP contribution is 2.50. The van der Waals surface area contributed by atoms with Crippen LogP contribution in [0.4, 0.5) is 0 Å². The van der Waals surface area contributed by atoms with Crippen molar-refractivity contribution >= 4 is 28.7 Å². The lowest BCUT2D eigenvalue weighted by Gasteiger charge is -2.37. The number of rotatable bonds is 5. The third-order valence-corrected chi connectivity index (χ3v) is 7.33. The molecule has 0 spiro atoms. The van der Waals surface area contributed by atoms with Crippen molar-refractivity contribution in [2.24, 2.45) is 17.3 Å². The molecule has 170 valence electrons. The normalized spacial score (nSPS) is 28.4. The summed E-state index contributed by atoms with van der Waals surface area (Å²) in [6.07, 6.45) is 8.20. The van der Waals surface area contributed by atoms with Crippen LogP contribution in [0.5, 0.6) is 0 Å². The third kappa shape index (κ3) is 3.73. The fraction of sp³-hybridized carbons (Fsp3) is 0.609. The summed E-state index contributed by atoms with van der Waals surface area (Å²) in [7, 11) is 0. The van der Waals surface area contributed by atoms with Crippen LogP contribution in [-0.4, -0.2) is 61.2 Å². The minimum Gasteiger partial charge on any atom is -0.476 e. The van der Waals surface area contributed by atoms with E-state index in [1.54, 1.807) is 11.0 Å². The van der Waals surface area contributed by atoms with Gasteiger partial charge in [-0.25, -0.2) is 4.79 Å². The molecule has 3 heterocycles. The topological polar surface area (TPSA) is 117 Å². The average molecular weight is 440 g/mol. The maximum absolute atomic E-state index is 13.2. The monoisotopic (exact) mass is 439 g/mol. The zero-order valence-electron chi connectivity index (χ0n) is 18.5. The third-order valence-electron chi connectivity index (χ3n) is 7.33. The predicted octanol–water partition coefficient (Wildman–Crippen LogP) is 2.06. The number of nitrogens with zero attached hydrogens (tertiary/aromatic N) is 4. The molecule has 2 aromatic rings. The first-order chi connectivity index (χ1) is 15.2. The Morgan fingerprint density at radius 3 is 2.88 bits per heavy atom. The Morgan fingerprint density at radius 2 is 2.12 bits per heavy atom. The molecule has 0 bridgehead atoms. The summed E-state index contributed by atoms with van der Waals surface area (Å²) >= 11 is 0. The lowest BCUT2D eigenvalue weighted by molar-refractivity contribution is -0.140. The molecule has 1 aliphatic heterocycles. The molecule has 2 aliphatic carbocycles. The molecule has 2 amide bonds. The first-order valence-corrected chi connectivity index (χ1v) is 11.4. The summed E-state index contributed by atoms with van der Waals surface area (Å²) in [5.41, 5.74) is 0.613. The van der Waals surface area contributed by atoms with Crippen LogP contribution in [0.3, 0.4) is 0 Å². The molecule has 2 saturated carbocycles. The van der Waals surface area contributed by atoms with Gasteiger partial charge in [-0.3, -0.25) is 19.3 Å². The minimum absolute atomic E-state index is 0.0516. The van der Waals surface area contributed by atoms with Crippen LogP contribution in [0.2, 0.25) is 0 Å². The summed E-state index contributed by atoms with van der Waals surface area (Å²) in [5.74, 6) is -0.817. The highest BCUT2D eigenvalue weighted by atomic mass is 16.4. The Labute approximate surface area is 186 Å². The van der Waals surface area contributed by atoms with Crippen molar-refractivity contribution in [3.8, 4) is 0 Å². The van der Waals surface area contributed by atoms with Gasteiger partial charge in [-0.2, -0.15) is 5.10 Å². The van der Waals surface area contributed by atoms with E-state index >= 15 is 0 Å². The van der Waals surface area contributed by atoms with Crippen LogP contribution in [-0.2, 0) is 16.1 Å². The van der Waals surface area contributed by atoms with Crippen LogP contribution in [0, 0.1) is 17.3 Å². The number of nitrogens with one attached hydrogen (secondary N) is 1. The first-order valence-electron chi connectivity index (χ1n) is 11.4. The Kier molecular flexibility index (Phi) is 4.94. The lowest BCUT2D eigenvalue weighted by Crippen LogP contribution is -2.52. The largest absolute Gasteiger partial charge is 0.476 e. The Hall–Kier alpha value is -2.97. The second-order valence-electron chi connectivity index (χ2n) is 10.3. The second kappa shape index (κ2) is 7.56. The van der Waals surface area contributed by atoms with Gasteiger partial charge in [0, 0.05) is 24.2 Å². The zero-order chi connectivity index (χ0) is 22.6. The molecular weight excluding hydrogens is 410 g/mol. The summed E-state index contributed by atoms with van der Waals surface area (Å²) in [4.78, 5) is 43.7. The van der Waals surface area contributed by atoms with E-state index in [0.29, 0.717) is 23.4 Å². The van der Waals surface area contributed by atoms with Crippen molar-refractivity contribution in [3.05, 3.63) is 24.2 Å². The van der Waals surface area contributed by atoms with E-state index in [2.05, 4.69) is 29.2 Å². The molecule has 1 unspecified atom stereocenters. The van der Waals surface area contributed by atoms with Gasteiger partial charge in [0.1, 0.15) is 12.6 Å². The maximum Gasteiger partial charge on any atom is 0.357 e. The minimum atomic E-state index is -1.15. The molecular formula is C23H29N5O4. The number of hydrogen-bond donors (Lipinski definition) is 2. The number of likely N-dealkylation sites (tertiary alicyclic amines) is 1. The van der Waals surface area contributed by atoms with Gasteiger partial charge in [0.2, 0.25) is 11.8 Å². The van der Waals surface area contributed by atoms with Crippen molar-refractivity contribution < 1.29 is 19.5 Å². The highest BCUT2D eigenvalue weighted by Gasteiger charge is 2.57. The summed E-state index contributed by atoms with van der Waals surface area (Å²) in [6.45, 7) is 4.93. The quantitative estimate of drug-likeness (QED) is 0.736. The van der Waals surface area contributed by atoms with Gasteiger partial charge >= 0.3 is 5.97 Å². The number of carboxylic acid groups (broad SMARTS) is 1. The molecule has 2 aromatic heterocycles. The molecule has 32 heavy (non-hydrogen) atoms. The van der Waals surface area contributed by atoms with Crippen LogP contribution >= 0.6 is 0 Å². The molecule has 0 radical (unpaired) electrons. The van der Waals surface area contributed by atoms with Gasteiger partial charge in [0.05, 0.1) is 11.7 Å². The molecule has 9 nitrogen and oxygen atoms in total. The van der Waals surface area contributed by atoms with E-state index in [1.807, 2.05) is 0 Å². The highest BCUT2D eigenvalue weighted by molar-refractivity contribution is 6.01. The number of fused-ring (bicyclic) bond motifs is 2. The Balaban J connectivity index is 1.32. The number of carboxylic acids is 1. The first kappa shape index (κ1) is 20.9. The van der Waals surface area contributed by atoms with Crippen molar-refractivity contribution in [1.29, 1.82) is 0 Å². The van der Waals surface area contributed by atoms with Crippen LogP contribution in [0.1, 0.15) is 56.4 Å². The fourth-order valence-electron chi connectivity index (χ4n) is 5.68. The molecule has 0 aromatic carbocycles. The van der Waals surface area contributed by atoms with Gasteiger partial charge < -0.3 is 15.3 Å². The number of hydrogen-bond acceptors (Lipinski definition) is 5. The Bertz CT molecular complexity index is 1090. The number of carbonyl (C=O) groups is 3. The second-order valence-corrected chi connectivity index (χ2v) is 10.3. The molecule has 3 fully saturated rings. The Morgan fingerprint density at radius 1 is 1.31 bits per heavy atom. The van der Waals surface area contributed by atoms with E-state index in [1.165, 1.54) is 23.5 Å². The standard InChI is InChI=1S/C23H29N5O4/c1-23(2)6-3-4-14(9-23)25-21(30)20-16-8-13(16)11-27(20)18(29)12-28-17-10-24-7-5-15(17)19(26-28)22(31)32/h5,7,10,13-14,16,20H,3-4,6,8-9,11-12H2,1-2H3,(H,25,30)(H,31,32)/t13-,14?,16-,20+/m1/s1. The van der Waals surface area contributed by atoms with Crippen molar-refractivity contribution in [2.75, 3.05) is 6.54 Å². The van der Waals surface area contributed by atoms with Crippen LogP contribution in [0.25, 0.3) is 10.9 Å². The number of amides is 2. The maximum atomic E-state index is 13.2. The van der Waals surface area contributed by atoms with E-state index in [0.717, 1.165) is 25.7 Å². The lowest BCUT2D eigenvalue weighted by atomic mass is 9.75.